The average Bonchev–Trinajstić information content (AvgIpc) is 3.00. The van der Waals surface area contributed by atoms with Crippen molar-refractivity contribution >= 4 is 28.6 Å². The molecule has 3 aliphatic rings. The van der Waals surface area contributed by atoms with Crippen LogP contribution in [0.5, 0.6) is 0 Å². The van der Waals surface area contributed by atoms with Crippen LogP contribution in [-0.2, 0) is 9.53 Å². The fourth-order valence-electron chi connectivity index (χ4n) is 4.90. The average molecular weight is 392 g/mol. The number of quaternary nitrogens is 1. The standard InChI is InChI=1S/C16H26INO2/c1-11(17)15(19)20-16(10-12-3-4-14(16)9-12)13-5-7-18(2)8-6-13/h11-14H,3-10H2,1-2H3/p+1. The third kappa shape index (κ3) is 2.62. The Morgan fingerprint density at radius 2 is 1.95 bits per heavy atom. The summed E-state index contributed by atoms with van der Waals surface area (Å²) in [5.41, 5.74) is -0.0971. The van der Waals surface area contributed by atoms with Crippen molar-refractivity contribution in [3.8, 4) is 0 Å². The molecule has 0 aromatic rings. The number of ether oxygens (including phenoxy) is 1. The van der Waals surface area contributed by atoms with E-state index in [1.54, 1.807) is 4.90 Å². The number of hydrogen-bond acceptors (Lipinski definition) is 2. The number of piperidine rings is 1. The van der Waals surface area contributed by atoms with Gasteiger partial charge in [-0.1, -0.05) is 22.6 Å². The van der Waals surface area contributed by atoms with E-state index in [4.69, 9.17) is 4.74 Å². The van der Waals surface area contributed by atoms with Crippen LogP contribution in [0.15, 0.2) is 0 Å². The molecule has 114 valence electrons. The smallest absolute Gasteiger partial charge is 0.319 e. The first-order valence-electron chi connectivity index (χ1n) is 8.19. The van der Waals surface area contributed by atoms with E-state index in [-0.39, 0.29) is 15.5 Å². The number of alkyl halides is 1. The van der Waals surface area contributed by atoms with Gasteiger partial charge in [0.25, 0.3) is 0 Å². The lowest BCUT2D eigenvalue weighted by Gasteiger charge is -2.45. The van der Waals surface area contributed by atoms with E-state index in [0.717, 1.165) is 12.3 Å². The molecule has 3 rings (SSSR count). The van der Waals surface area contributed by atoms with Crippen molar-refractivity contribution in [2.75, 3.05) is 20.1 Å². The van der Waals surface area contributed by atoms with Gasteiger partial charge in [-0.15, -0.1) is 0 Å². The highest BCUT2D eigenvalue weighted by molar-refractivity contribution is 14.1. The van der Waals surface area contributed by atoms with Crippen molar-refractivity contribution in [1.82, 2.24) is 0 Å². The van der Waals surface area contributed by atoms with Crippen molar-refractivity contribution in [1.29, 1.82) is 0 Å². The first-order chi connectivity index (χ1) is 9.51. The van der Waals surface area contributed by atoms with Gasteiger partial charge in [-0.25, -0.2) is 0 Å². The second-order valence-corrected chi connectivity index (χ2v) is 9.17. The molecule has 0 amide bonds. The Morgan fingerprint density at radius 3 is 2.45 bits per heavy atom. The molecule has 1 N–H and O–H groups in total. The second kappa shape index (κ2) is 5.75. The third-order valence-corrected chi connectivity index (χ3v) is 6.49. The molecule has 3 fully saturated rings. The van der Waals surface area contributed by atoms with Gasteiger partial charge in [0.15, 0.2) is 0 Å². The Bertz CT molecular complexity index is 379. The summed E-state index contributed by atoms with van der Waals surface area (Å²) in [6.07, 6.45) is 7.57. The van der Waals surface area contributed by atoms with Crippen molar-refractivity contribution in [3.05, 3.63) is 0 Å². The number of halogens is 1. The summed E-state index contributed by atoms with van der Waals surface area (Å²) in [6, 6.07) is 0. The summed E-state index contributed by atoms with van der Waals surface area (Å²) < 4.78 is 6.19. The summed E-state index contributed by atoms with van der Waals surface area (Å²) in [7, 11) is 2.28. The van der Waals surface area contributed by atoms with Crippen LogP contribution in [0.25, 0.3) is 0 Å². The molecule has 4 heteroatoms. The summed E-state index contributed by atoms with van der Waals surface area (Å²) >= 11 is 2.19. The van der Waals surface area contributed by atoms with Gasteiger partial charge in [0, 0.05) is 18.8 Å². The molecule has 1 aliphatic heterocycles. The molecular formula is C16H27INO2+. The van der Waals surface area contributed by atoms with E-state index in [9.17, 15) is 4.79 Å². The number of carbonyl (C=O) groups is 1. The van der Waals surface area contributed by atoms with Crippen LogP contribution < -0.4 is 4.90 Å². The molecule has 0 radical (unpaired) electrons. The maximum absolute atomic E-state index is 12.3. The number of fused-ring (bicyclic) bond motifs is 2. The minimum Gasteiger partial charge on any atom is -0.458 e. The first-order valence-corrected chi connectivity index (χ1v) is 9.44. The van der Waals surface area contributed by atoms with E-state index in [0.29, 0.717) is 11.8 Å². The van der Waals surface area contributed by atoms with Gasteiger partial charge in [0.1, 0.15) is 9.53 Å². The molecule has 0 spiro atoms. The van der Waals surface area contributed by atoms with Crippen molar-refractivity contribution in [2.45, 2.75) is 55.0 Å². The van der Waals surface area contributed by atoms with Crippen LogP contribution in [0.2, 0.25) is 0 Å². The molecule has 3 nitrogen and oxygen atoms in total. The zero-order valence-electron chi connectivity index (χ0n) is 12.7. The quantitative estimate of drug-likeness (QED) is 0.452. The monoisotopic (exact) mass is 392 g/mol. The van der Waals surface area contributed by atoms with Gasteiger partial charge in [0.05, 0.1) is 20.1 Å². The van der Waals surface area contributed by atoms with Crippen LogP contribution in [0.4, 0.5) is 0 Å². The number of carbonyl (C=O) groups excluding carboxylic acids is 1. The Labute approximate surface area is 135 Å². The Hall–Kier alpha value is 0.160. The highest BCUT2D eigenvalue weighted by Gasteiger charge is 2.58. The fraction of sp³-hybridized carbons (Fsp3) is 0.938. The van der Waals surface area contributed by atoms with E-state index < -0.39 is 0 Å². The zero-order valence-corrected chi connectivity index (χ0v) is 14.8. The summed E-state index contributed by atoms with van der Waals surface area (Å²) in [6.45, 7) is 4.42. The third-order valence-electron chi connectivity index (χ3n) is 5.99. The topological polar surface area (TPSA) is 30.7 Å². The highest BCUT2D eigenvalue weighted by atomic mass is 127. The molecule has 2 bridgehead atoms. The fourth-order valence-corrected chi connectivity index (χ4v) is 5.03. The van der Waals surface area contributed by atoms with Crippen molar-refractivity contribution in [3.63, 3.8) is 0 Å². The molecule has 2 aliphatic carbocycles. The molecule has 1 heterocycles. The minimum atomic E-state index is -0.0971. The van der Waals surface area contributed by atoms with Gasteiger partial charge < -0.3 is 9.64 Å². The normalized spacial score (nSPS) is 45.4. The SMILES string of the molecule is CC(I)C(=O)OC1(C2CC[NH+](C)CC2)CC2CCC1C2. The first kappa shape index (κ1) is 15.1. The van der Waals surface area contributed by atoms with Crippen molar-refractivity contribution < 1.29 is 14.4 Å². The van der Waals surface area contributed by atoms with Crippen LogP contribution in [0.1, 0.15) is 45.4 Å². The van der Waals surface area contributed by atoms with E-state index in [1.165, 1.54) is 45.2 Å². The molecule has 4 atom stereocenters. The maximum atomic E-state index is 12.3. The number of nitrogens with one attached hydrogen (secondary N) is 1. The Balaban J connectivity index is 1.79. The number of likely N-dealkylation sites (tertiary alicyclic amines) is 1. The van der Waals surface area contributed by atoms with Crippen LogP contribution in [0, 0.1) is 17.8 Å². The molecule has 1 saturated heterocycles. The summed E-state index contributed by atoms with van der Waals surface area (Å²) in [5, 5.41) is 0. The Kier molecular flexibility index (Phi) is 4.33. The molecule has 4 unspecified atom stereocenters. The summed E-state index contributed by atoms with van der Waals surface area (Å²) in [4.78, 5) is 13.9. The maximum Gasteiger partial charge on any atom is 0.319 e. The van der Waals surface area contributed by atoms with E-state index in [2.05, 4.69) is 29.6 Å². The van der Waals surface area contributed by atoms with Crippen LogP contribution in [0.3, 0.4) is 0 Å². The molecule has 0 aromatic heterocycles. The Morgan fingerprint density at radius 1 is 1.25 bits per heavy atom. The van der Waals surface area contributed by atoms with Gasteiger partial charge in [-0.2, -0.15) is 0 Å². The predicted octanol–water partition coefficient (Wildman–Crippen LogP) is 1.84. The van der Waals surface area contributed by atoms with E-state index >= 15 is 0 Å². The largest absolute Gasteiger partial charge is 0.458 e. The van der Waals surface area contributed by atoms with E-state index in [1.807, 2.05) is 6.92 Å². The number of hydrogen-bond donors (Lipinski definition) is 1. The molecule has 20 heavy (non-hydrogen) atoms. The van der Waals surface area contributed by atoms with Crippen LogP contribution in [-0.4, -0.2) is 35.6 Å². The lowest BCUT2D eigenvalue weighted by atomic mass is 9.71. The molecular weight excluding hydrogens is 365 g/mol. The zero-order chi connectivity index (χ0) is 14.3. The molecule has 0 aromatic carbocycles. The minimum absolute atomic E-state index is 0.0180. The predicted molar refractivity (Wildman–Crippen MR) is 87.1 cm³/mol. The lowest BCUT2D eigenvalue weighted by Crippen LogP contribution is -3.10. The van der Waals surface area contributed by atoms with Gasteiger partial charge >= 0.3 is 5.97 Å². The van der Waals surface area contributed by atoms with Crippen LogP contribution >= 0.6 is 22.6 Å². The second-order valence-electron chi connectivity index (χ2n) is 7.30. The summed E-state index contributed by atoms with van der Waals surface area (Å²) in [5.74, 6) is 2.10. The number of esters is 1. The highest BCUT2D eigenvalue weighted by Crippen LogP contribution is 2.57. The van der Waals surface area contributed by atoms with Gasteiger partial charge in [0.2, 0.25) is 0 Å². The molecule has 2 saturated carbocycles. The number of rotatable bonds is 3. The lowest BCUT2D eigenvalue weighted by molar-refractivity contribution is -0.886. The van der Waals surface area contributed by atoms with Gasteiger partial charge in [-0.05, 0) is 44.4 Å². The van der Waals surface area contributed by atoms with Crippen molar-refractivity contribution in [2.24, 2.45) is 17.8 Å². The van der Waals surface area contributed by atoms with Gasteiger partial charge in [-0.3, -0.25) is 4.79 Å².